The summed E-state index contributed by atoms with van der Waals surface area (Å²) in [6, 6.07) is 8.35. The number of H-pyrrole nitrogens is 1. The topological polar surface area (TPSA) is 96.7 Å². The molecule has 0 aliphatic heterocycles. The van der Waals surface area contributed by atoms with E-state index in [2.05, 4.69) is 53.4 Å². The van der Waals surface area contributed by atoms with Gasteiger partial charge in [-0.25, -0.2) is 0 Å². The fourth-order valence-electron chi connectivity index (χ4n) is 3.04. The van der Waals surface area contributed by atoms with Crippen LogP contribution in [0, 0.1) is 5.92 Å². The number of hydrogen-bond donors (Lipinski definition) is 3. The van der Waals surface area contributed by atoms with Crippen molar-refractivity contribution in [1.82, 2.24) is 15.2 Å². The fraction of sp³-hybridized carbons (Fsp3) is 0.500. The highest BCUT2D eigenvalue weighted by Gasteiger charge is 2.28. The second-order valence-electron chi connectivity index (χ2n) is 7.59. The zero-order chi connectivity index (χ0) is 17.3. The van der Waals surface area contributed by atoms with Gasteiger partial charge in [-0.15, -0.1) is 17.5 Å². The van der Waals surface area contributed by atoms with E-state index in [1.807, 2.05) is 12.1 Å². The molecule has 2 atom stereocenters. The molecule has 1 saturated carbocycles. The van der Waals surface area contributed by atoms with E-state index in [0.29, 0.717) is 11.8 Å². The number of nitrogens with two attached hydrogens (primary N) is 1. The van der Waals surface area contributed by atoms with Crippen molar-refractivity contribution in [3.8, 4) is 11.4 Å². The molecule has 0 bridgehead atoms. The molecule has 1 heterocycles. The normalized spacial score (nSPS) is 20.2. The molecule has 3 rings (SSSR count). The van der Waals surface area contributed by atoms with Crippen LogP contribution < -0.4 is 11.1 Å². The van der Waals surface area contributed by atoms with Crippen LogP contribution in [0.2, 0.25) is 0 Å². The fourth-order valence-corrected chi connectivity index (χ4v) is 3.04. The standard InChI is InChI=1S/C18H25N5O.ClH/c1-18(2,3)13-7-4-11(5-8-13)15-20-17(23-22-15)21-16(24)12-6-9-14(19)10-12;/h4-5,7-8,12,14H,6,9-10,19H2,1-3H3,(H2,20,21,22,23,24);1H. The Balaban J connectivity index is 0.00000225. The Kier molecular flexibility index (Phi) is 5.85. The average Bonchev–Trinajstić information content (AvgIpc) is 3.16. The summed E-state index contributed by atoms with van der Waals surface area (Å²) in [5.74, 6) is 0.883. The molecule has 7 heteroatoms. The number of aromatic nitrogens is 3. The lowest BCUT2D eigenvalue weighted by Gasteiger charge is -2.18. The summed E-state index contributed by atoms with van der Waals surface area (Å²) >= 11 is 0. The molecule has 1 amide bonds. The van der Waals surface area contributed by atoms with Gasteiger partial charge < -0.3 is 5.73 Å². The van der Waals surface area contributed by atoms with Gasteiger partial charge in [0.1, 0.15) is 0 Å². The third-order valence-corrected chi connectivity index (χ3v) is 4.59. The average molecular weight is 364 g/mol. The molecule has 2 unspecified atom stereocenters. The Morgan fingerprint density at radius 1 is 1.24 bits per heavy atom. The first kappa shape index (κ1) is 19.4. The number of anilines is 1. The van der Waals surface area contributed by atoms with Crippen LogP contribution >= 0.6 is 12.4 Å². The molecule has 136 valence electrons. The van der Waals surface area contributed by atoms with Gasteiger partial charge in [0, 0.05) is 17.5 Å². The van der Waals surface area contributed by atoms with Crippen LogP contribution in [0.25, 0.3) is 11.4 Å². The van der Waals surface area contributed by atoms with Gasteiger partial charge in [0.15, 0.2) is 5.82 Å². The molecule has 4 N–H and O–H groups in total. The minimum absolute atomic E-state index is 0. The molecular weight excluding hydrogens is 338 g/mol. The smallest absolute Gasteiger partial charge is 0.249 e. The van der Waals surface area contributed by atoms with Crippen LogP contribution in [0.5, 0.6) is 0 Å². The molecular formula is C18H26ClN5O. The zero-order valence-electron chi connectivity index (χ0n) is 14.9. The minimum atomic E-state index is -0.0448. The van der Waals surface area contributed by atoms with E-state index in [1.165, 1.54) is 5.56 Å². The number of hydrogen-bond acceptors (Lipinski definition) is 4. The third kappa shape index (κ3) is 4.58. The summed E-state index contributed by atoms with van der Waals surface area (Å²) in [7, 11) is 0. The number of halogens is 1. The number of carbonyl (C=O) groups is 1. The van der Waals surface area contributed by atoms with E-state index in [-0.39, 0.29) is 35.7 Å². The first-order valence-electron chi connectivity index (χ1n) is 8.42. The van der Waals surface area contributed by atoms with Gasteiger partial charge in [-0.2, -0.15) is 4.98 Å². The monoisotopic (exact) mass is 363 g/mol. The van der Waals surface area contributed by atoms with Crippen molar-refractivity contribution >= 4 is 24.3 Å². The lowest BCUT2D eigenvalue weighted by molar-refractivity contribution is -0.119. The molecule has 6 nitrogen and oxygen atoms in total. The first-order valence-corrected chi connectivity index (χ1v) is 8.42. The Labute approximate surface area is 154 Å². The molecule has 1 fully saturated rings. The SMILES string of the molecule is CC(C)(C)c1ccc(-c2nc(NC(=O)C3CCC(N)C3)n[nH]2)cc1.Cl. The van der Waals surface area contributed by atoms with Gasteiger partial charge in [0.05, 0.1) is 0 Å². The van der Waals surface area contributed by atoms with E-state index >= 15 is 0 Å². The lowest BCUT2D eigenvalue weighted by Crippen LogP contribution is -2.23. The first-order chi connectivity index (χ1) is 11.3. The van der Waals surface area contributed by atoms with Gasteiger partial charge in [-0.05, 0) is 30.2 Å². The van der Waals surface area contributed by atoms with Crippen LogP contribution in [0.15, 0.2) is 24.3 Å². The van der Waals surface area contributed by atoms with E-state index in [0.717, 1.165) is 24.8 Å². The summed E-state index contributed by atoms with van der Waals surface area (Å²) in [6.45, 7) is 6.54. The minimum Gasteiger partial charge on any atom is -0.328 e. The highest BCUT2D eigenvalue weighted by molar-refractivity contribution is 5.91. The van der Waals surface area contributed by atoms with Crippen molar-refractivity contribution in [2.24, 2.45) is 11.7 Å². The van der Waals surface area contributed by atoms with Crippen molar-refractivity contribution < 1.29 is 4.79 Å². The molecule has 0 radical (unpaired) electrons. The Morgan fingerprint density at radius 3 is 2.48 bits per heavy atom. The largest absolute Gasteiger partial charge is 0.328 e. The maximum absolute atomic E-state index is 12.2. The predicted octanol–water partition coefficient (Wildman–Crippen LogP) is 3.26. The predicted molar refractivity (Wildman–Crippen MR) is 102 cm³/mol. The van der Waals surface area contributed by atoms with Crippen molar-refractivity contribution in [2.45, 2.75) is 51.5 Å². The van der Waals surface area contributed by atoms with Crippen molar-refractivity contribution in [2.75, 3.05) is 5.32 Å². The van der Waals surface area contributed by atoms with E-state index < -0.39 is 0 Å². The highest BCUT2D eigenvalue weighted by atomic mass is 35.5. The van der Waals surface area contributed by atoms with E-state index in [4.69, 9.17) is 5.73 Å². The van der Waals surface area contributed by atoms with Crippen LogP contribution in [-0.2, 0) is 10.2 Å². The molecule has 1 aliphatic rings. The summed E-state index contributed by atoms with van der Waals surface area (Å²) in [6.07, 6.45) is 2.47. The number of nitrogens with zero attached hydrogens (tertiary/aromatic N) is 2. The summed E-state index contributed by atoms with van der Waals surface area (Å²) in [5.41, 5.74) is 8.18. The summed E-state index contributed by atoms with van der Waals surface area (Å²) in [4.78, 5) is 16.6. The van der Waals surface area contributed by atoms with Crippen LogP contribution in [0.1, 0.15) is 45.6 Å². The molecule has 2 aromatic rings. The Hall–Kier alpha value is -1.92. The third-order valence-electron chi connectivity index (χ3n) is 4.59. The second kappa shape index (κ2) is 7.54. The Bertz CT molecular complexity index is 720. The molecule has 25 heavy (non-hydrogen) atoms. The van der Waals surface area contributed by atoms with E-state index in [1.54, 1.807) is 0 Å². The molecule has 1 aromatic carbocycles. The van der Waals surface area contributed by atoms with Gasteiger partial charge >= 0.3 is 0 Å². The number of rotatable bonds is 3. The number of carbonyl (C=O) groups excluding carboxylic acids is 1. The number of benzene rings is 1. The van der Waals surface area contributed by atoms with Crippen molar-refractivity contribution in [3.63, 3.8) is 0 Å². The lowest BCUT2D eigenvalue weighted by atomic mass is 9.87. The molecule has 0 saturated heterocycles. The summed E-state index contributed by atoms with van der Waals surface area (Å²) in [5, 5.41) is 9.76. The number of amides is 1. The van der Waals surface area contributed by atoms with Crippen LogP contribution in [-0.4, -0.2) is 27.1 Å². The maximum Gasteiger partial charge on any atom is 0.249 e. The molecule has 0 spiro atoms. The second-order valence-corrected chi connectivity index (χ2v) is 7.59. The number of nitrogens with one attached hydrogen (secondary N) is 2. The van der Waals surface area contributed by atoms with Gasteiger partial charge in [-0.3, -0.25) is 15.2 Å². The molecule has 1 aromatic heterocycles. The highest BCUT2D eigenvalue weighted by Crippen LogP contribution is 2.26. The zero-order valence-corrected chi connectivity index (χ0v) is 15.7. The van der Waals surface area contributed by atoms with Gasteiger partial charge in [0.2, 0.25) is 11.9 Å². The van der Waals surface area contributed by atoms with Crippen molar-refractivity contribution in [3.05, 3.63) is 29.8 Å². The van der Waals surface area contributed by atoms with Crippen LogP contribution in [0.3, 0.4) is 0 Å². The quantitative estimate of drug-likeness (QED) is 0.779. The summed E-state index contributed by atoms with van der Waals surface area (Å²) < 4.78 is 0. The van der Waals surface area contributed by atoms with Crippen molar-refractivity contribution in [1.29, 1.82) is 0 Å². The maximum atomic E-state index is 12.2. The molecule has 1 aliphatic carbocycles. The van der Waals surface area contributed by atoms with E-state index in [9.17, 15) is 4.79 Å². The number of aromatic amines is 1. The Morgan fingerprint density at radius 2 is 1.92 bits per heavy atom. The van der Waals surface area contributed by atoms with Gasteiger partial charge in [-0.1, -0.05) is 45.0 Å². The van der Waals surface area contributed by atoms with Gasteiger partial charge in [0.25, 0.3) is 0 Å². The van der Waals surface area contributed by atoms with Crippen LogP contribution in [0.4, 0.5) is 5.95 Å².